The van der Waals surface area contributed by atoms with Gasteiger partial charge < -0.3 is 10.1 Å². The summed E-state index contributed by atoms with van der Waals surface area (Å²) in [5, 5.41) is 2.80. The fourth-order valence-electron chi connectivity index (χ4n) is 3.25. The third-order valence-electron chi connectivity index (χ3n) is 4.94. The number of aryl methyl sites for hydroxylation is 2. The SMILES string of the molecule is Cc1ccc(NC(=O)COc2ccc(/C=C3\SC(=S)N(c4cccc(C)c4)C3=O)cc2)cc1. The maximum absolute atomic E-state index is 12.9. The van der Waals surface area contributed by atoms with Crippen molar-refractivity contribution in [3.05, 3.63) is 94.4 Å². The van der Waals surface area contributed by atoms with E-state index in [4.69, 9.17) is 17.0 Å². The molecule has 0 aliphatic carbocycles. The Morgan fingerprint density at radius 3 is 2.45 bits per heavy atom. The number of rotatable bonds is 6. The molecular weight excluding hydrogens is 452 g/mol. The van der Waals surface area contributed by atoms with Gasteiger partial charge in [-0.2, -0.15) is 0 Å². The van der Waals surface area contributed by atoms with Crippen LogP contribution in [-0.2, 0) is 9.59 Å². The van der Waals surface area contributed by atoms with Crippen molar-refractivity contribution in [3.8, 4) is 5.75 Å². The number of anilines is 2. The number of hydrogen-bond donors (Lipinski definition) is 1. The van der Waals surface area contributed by atoms with E-state index >= 15 is 0 Å². The molecule has 0 aromatic heterocycles. The lowest BCUT2D eigenvalue weighted by atomic mass is 10.2. The second kappa shape index (κ2) is 10.0. The van der Waals surface area contributed by atoms with Gasteiger partial charge in [-0.05, 0) is 67.4 Å². The van der Waals surface area contributed by atoms with Crippen molar-refractivity contribution in [1.82, 2.24) is 0 Å². The lowest BCUT2D eigenvalue weighted by molar-refractivity contribution is -0.118. The van der Waals surface area contributed by atoms with Gasteiger partial charge in [-0.15, -0.1) is 0 Å². The molecule has 0 unspecified atom stereocenters. The largest absolute Gasteiger partial charge is 0.484 e. The number of hydrogen-bond acceptors (Lipinski definition) is 5. The van der Waals surface area contributed by atoms with E-state index in [0.717, 1.165) is 28.1 Å². The first-order valence-corrected chi connectivity index (χ1v) is 11.6. The van der Waals surface area contributed by atoms with Gasteiger partial charge in [-0.3, -0.25) is 14.5 Å². The normalized spacial score (nSPS) is 14.6. The summed E-state index contributed by atoms with van der Waals surface area (Å²) in [7, 11) is 0. The van der Waals surface area contributed by atoms with Gasteiger partial charge in [0, 0.05) is 5.69 Å². The third-order valence-corrected chi connectivity index (χ3v) is 6.24. The van der Waals surface area contributed by atoms with Crippen molar-refractivity contribution in [2.24, 2.45) is 0 Å². The number of thiocarbonyl (C=S) groups is 1. The molecule has 0 atom stereocenters. The van der Waals surface area contributed by atoms with E-state index in [1.165, 1.54) is 11.8 Å². The van der Waals surface area contributed by atoms with Crippen LogP contribution in [0.4, 0.5) is 11.4 Å². The van der Waals surface area contributed by atoms with Crippen molar-refractivity contribution < 1.29 is 14.3 Å². The average molecular weight is 475 g/mol. The van der Waals surface area contributed by atoms with Gasteiger partial charge in [0.1, 0.15) is 5.75 Å². The van der Waals surface area contributed by atoms with Crippen LogP contribution in [0, 0.1) is 13.8 Å². The number of carbonyl (C=O) groups excluding carboxylic acids is 2. The van der Waals surface area contributed by atoms with Gasteiger partial charge in [0.2, 0.25) is 0 Å². The Balaban J connectivity index is 1.37. The van der Waals surface area contributed by atoms with Gasteiger partial charge in [0.05, 0.1) is 10.6 Å². The minimum atomic E-state index is -0.234. The number of amides is 2. The average Bonchev–Trinajstić information content (AvgIpc) is 3.07. The lowest BCUT2D eigenvalue weighted by Gasteiger charge is -2.14. The highest BCUT2D eigenvalue weighted by atomic mass is 32.2. The number of benzene rings is 3. The fraction of sp³-hybridized carbons (Fsp3) is 0.115. The summed E-state index contributed by atoms with van der Waals surface area (Å²) < 4.78 is 6.09. The molecule has 1 fully saturated rings. The molecule has 0 bridgehead atoms. The summed E-state index contributed by atoms with van der Waals surface area (Å²) in [6.45, 7) is 3.87. The Hall–Kier alpha value is -3.42. The second-order valence-electron chi connectivity index (χ2n) is 7.63. The molecule has 1 heterocycles. The molecule has 33 heavy (non-hydrogen) atoms. The summed E-state index contributed by atoms with van der Waals surface area (Å²) in [5.74, 6) is 0.199. The molecule has 7 heteroatoms. The van der Waals surface area contributed by atoms with E-state index in [1.807, 2.05) is 80.6 Å². The van der Waals surface area contributed by atoms with E-state index in [0.29, 0.717) is 15.0 Å². The molecule has 1 aliphatic rings. The molecule has 0 spiro atoms. The molecule has 1 N–H and O–H groups in total. The maximum atomic E-state index is 12.9. The van der Waals surface area contributed by atoms with Gasteiger partial charge in [0.15, 0.2) is 10.9 Å². The van der Waals surface area contributed by atoms with Crippen molar-refractivity contribution in [1.29, 1.82) is 0 Å². The zero-order chi connectivity index (χ0) is 23.4. The van der Waals surface area contributed by atoms with E-state index in [1.54, 1.807) is 17.0 Å². The number of nitrogens with one attached hydrogen (secondary N) is 1. The molecule has 5 nitrogen and oxygen atoms in total. The quantitative estimate of drug-likeness (QED) is 0.365. The predicted octanol–water partition coefficient (Wildman–Crippen LogP) is 5.73. The third kappa shape index (κ3) is 5.69. The van der Waals surface area contributed by atoms with Crippen LogP contribution >= 0.6 is 24.0 Å². The van der Waals surface area contributed by atoms with Gasteiger partial charge in [-0.1, -0.05) is 65.9 Å². The molecule has 2 amide bonds. The summed E-state index contributed by atoms with van der Waals surface area (Å²) >= 11 is 6.72. The Kier molecular flexibility index (Phi) is 6.91. The molecule has 166 valence electrons. The van der Waals surface area contributed by atoms with Crippen LogP contribution in [-0.4, -0.2) is 22.7 Å². The van der Waals surface area contributed by atoms with E-state index in [-0.39, 0.29) is 18.4 Å². The molecular formula is C26H22N2O3S2. The smallest absolute Gasteiger partial charge is 0.270 e. The summed E-state index contributed by atoms with van der Waals surface area (Å²) in [6.07, 6.45) is 1.81. The molecule has 0 saturated carbocycles. The van der Waals surface area contributed by atoms with Crippen molar-refractivity contribution in [3.63, 3.8) is 0 Å². The maximum Gasteiger partial charge on any atom is 0.270 e. The van der Waals surface area contributed by atoms with E-state index in [2.05, 4.69) is 5.32 Å². The van der Waals surface area contributed by atoms with E-state index < -0.39 is 0 Å². The Morgan fingerprint density at radius 1 is 1.03 bits per heavy atom. The zero-order valence-corrected chi connectivity index (χ0v) is 19.8. The monoisotopic (exact) mass is 474 g/mol. The Bertz CT molecular complexity index is 1240. The number of thioether (sulfide) groups is 1. The first-order chi connectivity index (χ1) is 15.9. The molecule has 3 aromatic carbocycles. The van der Waals surface area contributed by atoms with Crippen molar-refractivity contribution in [2.75, 3.05) is 16.8 Å². The minimum absolute atomic E-state index is 0.0949. The number of nitrogens with zero attached hydrogens (tertiary/aromatic N) is 1. The van der Waals surface area contributed by atoms with Crippen molar-refractivity contribution >= 4 is 57.6 Å². The highest BCUT2D eigenvalue weighted by molar-refractivity contribution is 8.27. The van der Waals surface area contributed by atoms with Gasteiger partial charge in [-0.25, -0.2) is 0 Å². The topological polar surface area (TPSA) is 58.6 Å². The standard InChI is InChI=1S/C26H22N2O3S2/c1-17-6-10-20(11-7-17)27-24(29)16-31-22-12-8-19(9-13-22)15-23-25(30)28(26(32)33-23)21-5-3-4-18(2)14-21/h3-15H,16H2,1-2H3,(H,27,29)/b23-15-. The second-order valence-corrected chi connectivity index (χ2v) is 9.30. The lowest BCUT2D eigenvalue weighted by Crippen LogP contribution is -2.27. The van der Waals surface area contributed by atoms with Crippen LogP contribution in [0.25, 0.3) is 6.08 Å². The predicted molar refractivity (Wildman–Crippen MR) is 139 cm³/mol. The van der Waals surface area contributed by atoms with Crippen LogP contribution in [0.1, 0.15) is 16.7 Å². The van der Waals surface area contributed by atoms with Gasteiger partial charge >= 0.3 is 0 Å². The van der Waals surface area contributed by atoms with Crippen LogP contribution in [0.3, 0.4) is 0 Å². The fourth-order valence-corrected chi connectivity index (χ4v) is 4.55. The molecule has 1 aliphatic heterocycles. The highest BCUT2D eigenvalue weighted by Crippen LogP contribution is 2.36. The van der Waals surface area contributed by atoms with Gasteiger partial charge in [0.25, 0.3) is 11.8 Å². The van der Waals surface area contributed by atoms with Crippen molar-refractivity contribution in [2.45, 2.75) is 13.8 Å². The molecule has 1 saturated heterocycles. The Morgan fingerprint density at radius 2 is 1.76 bits per heavy atom. The highest BCUT2D eigenvalue weighted by Gasteiger charge is 2.33. The molecule has 3 aromatic rings. The molecule has 0 radical (unpaired) electrons. The van der Waals surface area contributed by atoms with Crippen LogP contribution in [0.5, 0.6) is 5.75 Å². The summed E-state index contributed by atoms with van der Waals surface area (Å²) in [5.41, 5.74) is 4.53. The summed E-state index contributed by atoms with van der Waals surface area (Å²) in [4.78, 5) is 27.1. The van der Waals surface area contributed by atoms with Crippen LogP contribution in [0.2, 0.25) is 0 Å². The Labute approximate surface area is 202 Å². The summed E-state index contributed by atoms with van der Waals surface area (Å²) in [6, 6.07) is 22.5. The first kappa shape index (κ1) is 22.8. The minimum Gasteiger partial charge on any atom is -0.484 e. The first-order valence-electron chi connectivity index (χ1n) is 10.3. The van der Waals surface area contributed by atoms with Crippen LogP contribution in [0.15, 0.2) is 77.7 Å². The zero-order valence-electron chi connectivity index (χ0n) is 18.2. The number of carbonyl (C=O) groups is 2. The molecule has 4 rings (SSSR count). The van der Waals surface area contributed by atoms with Crippen LogP contribution < -0.4 is 15.0 Å². The van der Waals surface area contributed by atoms with E-state index in [9.17, 15) is 9.59 Å². The number of ether oxygens (including phenoxy) is 1.